The van der Waals surface area contributed by atoms with E-state index in [0.717, 1.165) is 12.1 Å². The molecular formula is C7H8ClF2NO. The van der Waals surface area contributed by atoms with Crippen LogP contribution in [-0.2, 0) is 11.4 Å². The Hall–Kier alpha value is -0.710. The van der Waals surface area contributed by atoms with Gasteiger partial charge in [-0.2, -0.15) is 0 Å². The summed E-state index contributed by atoms with van der Waals surface area (Å²) in [5, 5.41) is 0. The van der Waals surface area contributed by atoms with E-state index in [-0.39, 0.29) is 19.0 Å². The standard InChI is InChI=1S/C7H7F2NO.ClH/c8-6-2-1-5(4-11-10)3-7(6)9;/h1-3H,4,10H2;1H. The third-order valence-corrected chi connectivity index (χ3v) is 1.23. The van der Waals surface area contributed by atoms with Crippen LogP contribution in [0.5, 0.6) is 0 Å². The Morgan fingerprint density at radius 1 is 1.25 bits per heavy atom. The molecule has 1 aromatic carbocycles. The van der Waals surface area contributed by atoms with Gasteiger partial charge < -0.3 is 0 Å². The maximum absolute atomic E-state index is 12.4. The molecule has 2 N–H and O–H groups in total. The first-order valence-electron chi connectivity index (χ1n) is 2.99. The lowest BCUT2D eigenvalue weighted by Crippen LogP contribution is -1.99. The van der Waals surface area contributed by atoms with Crippen molar-refractivity contribution in [2.75, 3.05) is 0 Å². The maximum Gasteiger partial charge on any atom is 0.159 e. The Bertz CT molecular complexity index is 257. The van der Waals surface area contributed by atoms with E-state index in [0.29, 0.717) is 5.56 Å². The highest BCUT2D eigenvalue weighted by atomic mass is 35.5. The molecule has 0 saturated heterocycles. The van der Waals surface area contributed by atoms with Crippen molar-refractivity contribution < 1.29 is 13.6 Å². The van der Waals surface area contributed by atoms with Crippen LogP contribution >= 0.6 is 12.4 Å². The van der Waals surface area contributed by atoms with Gasteiger partial charge in [0.2, 0.25) is 0 Å². The number of nitrogens with two attached hydrogens (primary N) is 1. The molecule has 2 nitrogen and oxygen atoms in total. The minimum absolute atomic E-state index is 0. The Morgan fingerprint density at radius 3 is 2.42 bits per heavy atom. The first-order chi connectivity index (χ1) is 5.24. The van der Waals surface area contributed by atoms with Crippen LogP contribution in [0, 0.1) is 11.6 Å². The molecule has 1 aromatic rings. The number of hydrogen-bond acceptors (Lipinski definition) is 2. The van der Waals surface area contributed by atoms with Crippen LogP contribution in [0.2, 0.25) is 0 Å². The smallest absolute Gasteiger partial charge is 0.159 e. The number of halogens is 3. The van der Waals surface area contributed by atoms with Gasteiger partial charge in [0.15, 0.2) is 11.6 Å². The summed E-state index contributed by atoms with van der Waals surface area (Å²) in [7, 11) is 0. The molecule has 0 bridgehead atoms. The lowest BCUT2D eigenvalue weighted by atomic mass is 10.2. The van der Waals surface area contributed by atoms with Gasteiger partial charge in [0.25, 0.3) is 0 Å². The monoisotopic (exact) mass is 195 g/mol. The number of benzene rings is 1. The summed E-state index contributed by atoms with van der Waals surface area (Å²) in [4.78, 5) is 4.23. The van der Waals surface area contributed by atoms with E-state index in [4.69, 9.17) is 5.90 Å². The Balaban J connectivity index is 0.00000121. The van der Waals surface area contributed by atoms with Crippen molar-refractivity contribution in [3.05, 3.63) is 35.4 Å². The predicted molar refractivity (Wildman–Crippen MR) is 42.6 cm³/mol. The molecule has 0 atom stereocenters. The molecule has 1 rings (SSSR count). The van der Waals surface area contributed by atoms with Crippen molar-refractivity contribution >= 4 is 12.4 Å². The summed E-state index contributed by atoms with van der Waals surface area (Å²) in [6, 6.07) is 3.48. The highest BCUT2D eigenvalue weighted by Crippen LogP contribution is 2.08. The third-order valence-electron chi connectivity index (χ3n) is 1.23. The van der Waals surface area contributed by atoms with Crippen LogP contribution < -0.4 is 5.90 Å². The fourth-order valence-corrected chi connectivity index (χ4v) is 0.726. The van der Waals surface area contributed by atoms with Crippen LogP contribution in [0.25, 0.3) is 0 Å². The average Bonchev–Trinajstić information content (AvgIpc) is 1.98. The summed E-state index contributed by atoms with van der Waals surface area (Å²) in [6.07, 6.45) is 0. The zero-order chi connectivity index (χ0) is 8.27. The van der Waals surface area contributed by atoms with Crippen LogP contribution in [0.1, 0.15) is 5.56 Å². The van der Waals surface area contributed by atoms with E-state index in [1.165, 1.54) is 6.07 Å². The van der Waals surface area contributed by atoms with E-state index < -0.39 is 11.6 Å². The molecule has 0 saturated carbocycles. The molecule has 0 fully saturated rings. The molecule has 12 heavy (non-hydrogen) atoms. The van der Waals surface area contributed by atoms with Crippen LogP contribution in [0.3, 0.4) is 0 Å². The van der Waals surface area contributed by atoms with Gasteiger partial charge in [-0.1, -0.05) is 6.07 Å². The SMILES string of the molecule is Cl.NOCc1ccc(F)c(F)c1. The molecule has 0 aliphatic heterocycles. The minimum Gasteiger partial charge on any atom is -0.300 e. The van der Waals surface area contributed by atoms with Crippen LogP contribution in [0.15, 0.2) is 18.2 Å². The van der Waals surface area contributed by atoms with Gasteiger partial charge in [0.1, 0.15) is 0 Å². The predicted octanol–water partition coefficient (Wildman–Crippen LogP) is 1.78. The van der Waals surface area contributed by atoms with Gasteiger partial charge in [-0.3, -0.25) is 4.84 Å². The second-order valence-corrected chi connectivity index (χ2v) is 2.06. The van der Waals surface area contributed by atoms with Crippen molar-refractivity contribution in [2.24, 2.45) is 5.90 Å². The van der Waals surface area contributed by atoms with E-state index in [1.807, 2.05) is 0 Å². The molecule has 0 spiro atoms. The summed E-state index contributed by atoms with van der Waals surface area (Å²) in [5.74, 6) is 2.97. The summed E-state index contributed by atoms with van der Waals surface area (Å²) in [6.45, 7) is 0.0806. The Kier molecular flexibility index (Phi) is 4.73. The van der Waals surface area contributed by atoms with E-state index in [1.54, 1.807) is 0 Å². The molecular weight excluding hydrogens is 188 g/mol. The van der Waals surface area contributed by atoms with Crippen molar-refractivity contribution in [1.29, 1.82) is 0 Å². The van der Waals surface area contributed by atoms with Gasteiger partial charge in [-0.25, -0.2) is 14.7 Å². The zero-order valence-corrected chi connectivity index (χ0v) is 6.91. The lowest BCUT2D eigenvalue weighted by Gasteiger charge is -1.98. The normalized spacial score (nSPS) is 9.25. The van der Waals surface area contributed by atoms with Crippen molar-refractivity contribution in [3.63, 3.8) is 0 Å². The topological polar surface area (TPSA) is 35.2 Å². The van der Waals surface area contributed by atoms with Crippen molar-refractivity contribution in [3.8, 4) is 0 Å². The van der Waals surface area contributed by atoms with Crippen LogP contribution in [0.4, 0.5) is 8.78 Å². The molecule has 5 heteroatoms. The molecule has 0 aliphatic rings. The quantitative estimate of drug-likeness (QED) is 0.731. The molecule has 0 amide bonds. The molecule has 0 heterocycles. The van der Waals surface area contributed by atoms with Crippen molar-refractivity contribution in [2.45, 2.75) is 6.61 Å². The fraction of sp³-hybridized carbons (Fsp3) is 0.143. The number of hydrogen-bond donors (Lipinski definition) is 1. The largest absolute Gasteiger partial charge is 0.300 e. The first kappa shape index (κ1) is 11.3. The highest BCUT2D eigenvalue weighted by molar-refractivity contribution is 5.85. The number of rotatable bonds is 2. The van der Waals surface area contributed by atoms with Gasteiger partial charge in [0.05, 0.1) is 6.61 Å². The van der Waals surface area contributed by atoms with E-state index >= 15 is 0 Å². The summed E-state index contributed by atoms with van der Waals surface area (Å²) in [5.41, 5.74) is 0.506. The van der Waals surface area contributed by atoms with Gasteiger partial charge >= 0.3 is 0 Å². The summed E-state index contributed by atoms with van der Waals surface area (Å²) >= 11 is 0. The maximum atomic E-state index is 12.4. The molecule has 0 radical (unpaired) electrons. The fourth-order valence-electron chi connectivity index (χ4n) is 0.726. The van der Waals surface area contributed by atoms with Gasteiger partial charge in [0, 0.05) is 0 Å². The summed E-state index contributed by atoms with van der Waals surface area (Å²) < 4.78 is 24.7. The zero-order valence-electron chi connectivity index (χ0n) is 6.09. The highest BCUT2D eigenvalue weighted by Gasteiger charge is 2.01. The second kappa shape index (κ2) is 5.03. The minimum atomic E-state index is -0.889. The third kappa shape index (κ3) is 2.73. The van der Waals surface area contributed by atoms with Crippen LogP contribution in [-0.4, -0.2) is 0 Å². The molecule has 68 valence electrons. The van der Waals surface area contributed by atoms with E-state index in [2.05, 4.69) is 4.84 Å². The lowest BCUT2D eigenvalue weighted by molar-refractivity contribution is 0.124. The first-order valence-corrected chi connectivity index (χ1v) is 2.99. The Labute approximate surface area is 74.7 Å². The van der Waals surface area contributed by atoms with E-state index in [9.17, 15) is 8.78 Å². The average molecular weight is 196 g/mol. The van der Waals surface area contributed by atoms with Crippen molar-refractivity contribution in [1.82, 2.24) is 0 Å². The Morgan fingerprint density at radius 2 is 1.92 bits per heavy atom. The molecule has 0 aromatic heterocycles. The van der Waals surface area contributed by atoms with Gasteiger partial charge in [-0.15, -0.1) is 12.4 Å². The van der Waals surface area contributed by atoms with Gasteiger partial charge in [-0.05, 0) is 17.7 Å². The molecule has 0 unspecified atom stereocenters. The molecule has 0 aliphatic carbocycles. The second-order valence-electron chi connectivity index (χ2n) is 2.06.